The van der Waals surface area contributed by atoms with Gasteiger partial charge in [-0.05, 0) is 44.7 Å². The summed E-state index contributed by atoms with van der Waals surface area (Å²) in [5, 5.41) is 15.2. The number of aryl methyl sites for hydroxylation is 1. The van der Waals surface area contributed by atoms with Crippen LogP contribution in [0.15, 0.2) is 11.4 Å². The molecule has 0 amide bonds. The maximum atomic E-state index is 9.90. The normalized spacial score (nSPS) is 14.4. The molecule has 2 nitrogen and oxygen atoms in total. The van der Waals surface area contributed by atoms with Crippen molar-refractivity contribution in [2.45, 2.75) is 39.3 Å². The van der Waals surface area contributed by atoms with Gasteiger partial charge in [-0.2, -0.15) is 0 Å². The number of rotatable bonds is 3. The maximum Gasteiger partial charge on any atom is 0.0925 e. The molecule has 2 N–H and O–H groups in total. The minimum absolute atomic E-state index is 0.0604. The predicted molar refractivity (Wildman–Crippen MR) is 61.8 cm³/mol. The quantitative estimate of drug-likeness (QED) is 0.808. The molecule has 0 spiro atoms. The Labute approximate surface area is 90.0 Å². The molecule has 80 valence electrons. The number of aliphatic hydroxyl groups excluding tert-OH is 1. The van der Waals surface area contributed by atoms with Crippen LogP contribution in [-0.4, -0.2) is 17.2 Å². The Morgan fingerprint density at radius 3 is 2.57 bits per heavy atom. The topological polar surface area (TPSA) is 32.3 Å². The van der Waals surface area contributed by atoms with Crippen LogP contribution in [0.25, 0.3) is 0 Å². The van der Waals surface area contributed by atoms with Crippen molar-refractivity contribution in [1.29, 1.82) is 0 Å². The van der Waals surface area contributed by atoms with Crippen molar-refractivity contribution in [2.24, 2.45) is 0 Å². The molecular weight excluding hydrogens is 194 g/mol. The molecule has 1 unspecified atom stereocenters. The van der Waals surface area contributed by atoms with Crippen LogP contribution in [0.4, 0.5) is 0 Å². The van der Waals surface area contributed by atoms with Gasteiger partial charge in [0.1, 0.15) is 0 Å². The van der Waals surface area contributed by atoms with Gasteiger partial charge in [0.2, 0.25) is 0 Å². The van der Waals surface area contributed by atoms with Crippen molar-refractivity contribution in [1.82, 2.24) is 5.32 Å². The zero-order valence-electron chi connectivity index (χ0n) is 9.29. The Morgan fingerprint density at radius 1 is 1.50 bits per heavy atom. The van der Waals surface area contributed by atoms with E-state index in [2.05, 4.69) is 26.1 Å². The molecule has 1 heterocycles. The average molecular weight is 213 g/mol. The first-order valence-corrected chi connectivity index (χ1v) is 5.75. The van der Waals surface area contributed by atoms with Gasteiger partial charge >= 0.3 is 0 Å². The summed E-state index contributed by atoms with van der Waals surface area (Å²) in [5.74, 6) is 0. The molecule has 1 aromatic heterocycles. The van der Waals surface area contributed by atoms with E-state index in [-0.39, 0.29) is 11.6 Å². The van der Waals surface area contributed by atoms with Gasteiger partial charge in [0.15, 0.2) is 0 Å². The van der Waals surface area contributed by atoms with Crippen molar-refractivity contribution in [3.8, 4) is 0 Å². The number of hydrogen-bond donors (Lipinski definition) is 2. The van der Waals surface area contributed by atoms with E-state index in [1.54, 1.807) is 11.3 Å². The molecular formula is C11H19NOS. The molecule has 0 saturated heterocycles. The van der Waals surface area contributed by atoms with Crippen LogP contribution in [0, 0.1) is 6.92 Å². The highest BCUT2D eigenvalue weighted by molar-refractivity contribution is 7.10. The fraction of sp³-hybridized carbons (Fsp3) is 0.636. The van der Waals surface area contributed by atoms with Crippen LogP contribution in [0.2, 0.25) is 0 Å². The van der Waals surface area contributed by atoms with Crippen LogP contribution in [0.1, 0.15) is 37.3 Å². The van der Waals surface area contributed by atoms with Gasteiger partial charge in [-0.15, -0.1) is 11.3 Å². The summed E-state index contributed by atoms with van der Waals surface area (Å²) in [6.45, 7) is 8.95. The summed E-state index contributed by atoms with van der Waals surface area (Å²) >= 11 is 1.68. The standard InChI is InChI=1S/C11H19NOS/c1-8-9(5-6-14-8)10(13)7-12-11(2,3)4/h5-6,10,12-13H,7H2,1-4H3. The van der Waals surface area contributed by atoms with Crippen molar-refractivity contribution >= 4 is 11.3 Å². The van der Waals surface area contributed by atoms with E-state index < -0.39 is 0 Å². The highest BCUT2D eigenvalue weighted by Crippen LogP contribution is 2.22. The number of hydrogen-bond acceptors (Lipinski definition) is 3. The van der Waals surface area contributed by atoms with Gasteiger partial charge < -0.3 is 10.4 Å². The lowest BCUT2D eigenvalue weighted by molar-refractivity contribution is 0.163. The third kappa shape index (κ3) is 3.40. The first-order chi connectivity index (χ1) is 6.40. The van der Waals surface area contributed by atoms with Crippen LogP contribution in [-0.2, 0) is 0 Å². The fourth-order valence-electron chi connectivity index (χ4n) is 1.25. The highest BCUT2D eigenvalue weighted by Gasteiger charge is 2.15. The predicted octanol–water partition coefficient (Wildman–Crippen LogP) is 2.48. The van der Waals surface area contributed by atoms with E-state index in [0.717, 1.165) is 5.56 Å². The zero-order valence-corrected chi connectivity index (χ0v) is 10.1. The second kappa shape index (κ2) is 4.43. The van der Waals surface area contributed by atoms with Gasteiger partial charge in [-0.25, -0.2) is 0 Å². The summed E-state index contributed by atoms with van der Waals surface area (Å²) in [7, 11) is 0. The zero-order chi connectivity index (χ0) is 10.8. The van der Waals surface area contributed by atoms with E-state index >= 15 is 0 Å². The molecule has 0 bridgehead atoms. The molecule has 0 radical (unpaired) electrons. The Morgan fingerprint density at radius 2 is 2.14 bits per heavy atom. The minimum Gasteiger partial charge on any atom is -0.387 e. The Balaban J connectivity index is 2.51. The lowest BCUT2D eigenvalue weighted by Crippen LogP contribution is -2.38. The number of nitrogens with one attached hydrogen (secondary N) is 1. The second-order valence-corrected chi connectivity index (χ2v) is 5.70. The molecule has 0 aromatic carbocycles. The van der Waals surface area contributed by atoms with Crippen LogP contribution in [0.3, 0.4) is 0 Å². The first kappa shape index (κ1) is 11.7. The molecule has 3 heteroatoms. The summed E-state index contributed by atoms with van der Waals surface area (Å²) in [4.78, 5) is 1.20. The number of aliphatic hydroxyl groups is 1. The summed E-state index contributed by atoms with van der Waals surface area (Å²) in [6, 6.07) is 2.00. The highest BCUT2D eigenvalue weighted by atomic mass is 32.1. The number of thiophene rings is 1. The van der Waals surface area contributed by atoms with Crippen molar-refractivity contribution in [2.75, 3.05) is 6.54 Å². The molecule has 0 fully saturated rings. The third-order valence-electron chi connectivity index (χ3n) is 2.08. The van der Waals surface area contributed by atoms with Crippen molar-refractivity contribution in [3.05, 3.63) is 21.9 Å². The van der Waals surface area contributed by atoms with Gasteiger partial charge in [0.25, 0.3) is 0 Å². The molecule has 14 heavy (non-hydrogen) atoms. The summed E-state index contributed by atoms with van der Waals surface area (Å²) in [6.07, 6.45) is -0.388. The van der Waals surface area contributed by atoms with Gasteiger partial charge in [0.05, 0.1) is 6.10 Å². The largest absolute Gasteiger partial charge is 0.387 e. The van der Waals surface area contributed by atoms with Crippen molar-refractivity contribution in [3.63, 3.8) is 0 Å². The van der Waals surface area contributed by atoms with E-state index in [9.17, 15) is 5.11 Å². The summed E-state index contributed by atoms with van der Waals surface area (Å²) in [5.41, 5.74) is 1.11. The minimum atomic E-state index is -0.388. The second-order valence-electron chi connectivity index (χ2n) is 4.58. The van der Waals surface area contributed by atoms with E-state index in [0.29, 0.717) is 6.54 Å². The smallest absolute Gasteiger partial charge is 0.0925 e. The lowest BCUT2D eigenvalue weighted by atomic mass is 10.1. The fourth-order valence-corrected chi connectivity index (χ4v) is 2.01. The monoisotopic (exact) mass is 213 g/mol. The lowest BCUT2D eigenvalue weighted by Gasteiger charge is -2.22. The Bertz CT molecular complexity index is 288. The molecule has 1 aromatic rings. The first-order valence-electron chi connectivity index (χ1n) is 4.87. The summed E-state index contributed by atoms with van der Waals surface area (Å²) < 4.78 is 0. The van der Waals surface area contributed by atoms with Crippen LogP contribution >= 0.6 is 11.3 Å². The molecule has 1 rings (SSSR count). The van der Waals surface area contributed by atoms with E-state index in [4.69, 9.17) is 0 Å². The SMILES string of the molecule is Cc1sccc1C(O)CNC(C)(C)C. The van der Waals surface area contributed by atoms with Crippen LogP contribution < -0.4 is 5.32 Å². The Hall–Kier alpha value is -0.380. The average Bonchev–Trinajstić information content (AvgIpc) is 2.46. The Kier molecular flexibility index (Phi) is 3.70. The maximum absolute atomic E-state index is 9.90. The molecule has 1 atom stereocenters. The van der Waals surface area contributed by atoms with Crippen molar-refractivity contribution < 1.29 is 5.11 Å². The molecule has 0 aliphatic heterocycles. The van der Waals surface area contributed by atoms with Crippen LogP contribution in [0.5, 0.6) is 0 Å². The van der Waals surface area contributed by atoms with E-state index in [1.165, 1.54) is 4.88 Å². The van der Waals surface area contributed by atoms with E-state index in [1.807, 2.05) is 18.4 Å². The van der Waals surface area contributed by atoms with Gasteiger partial charge in [0, 0.05) is 17.0 Å². The molecule has 0 aliphatic carbocycles. The molecule has 0 saturated carbocycles. The van der Waals surface area contributed by atoms with Gasteiger partial charge in [-0.3, -0.25) is 0 Å². The number of β-amino-alcohol motifs (C(OH)–C–C–N with tert-alkyl or cyclic N) is 1. The van der Waals surface area contributed by atoms with Gasteiger partial charge in [-0.1, -0.05) is 0 Å². The molecule has 0 aliphatic rings. The third-order valence-corrected chi connectivity index (χ3v) is 2.95.